The average molecular weight is 506 g/mol. The lowest BCUT2D eigenvalue weighted by Crippen LogP contribution is -2.37. The highest BCUT2D eigenvalue weighted by Crippen LogP contribution is 2.32. The number of carbonyl (C=O) groups is 1. The molecule has 1 N–H and O–H groups in total. The second-order valence-electron chi connectivity index (χ2n) is 8.75. The topological polar surface area (TPSA) is 97.8 Å². The van der Waals surface area contributed by atoms with Gasteiger partial charge >= 0.3 is 0 Å². The number of carbonyl (C=O) groups excluding carboxylic acids is 1. The van der Waals surface area contributed by atoms with E-state index in [1.807, 2.05) is 27.7 Å². The first-order chi connectivity index (χ1) is 16.1. The van der Waals surface area contributed by atoms with Crippen LogP contribution in [0, 0.1) is 11.8 Å². The van der Waals surface area contributed by atoms with Crippen LogP contribution in [-0.4, -0.2) is 50.9 Å². The summed E-state index contributed by atoms with van der Waals surface area (Å²) in [6, 6.07) is 9.94. The maximum absolute atomic E-state index is 13.4. The summed E-state index contributed by atoms with van der Waals surface area (Å²) in [7, 11) is -0.707. The Kier molecular flexibility index (Phi) is 8.17. The van der Waals surface area contributed by atoms with Crippen LogP contribution in [0.3, 0.4) is 0 Å². The number of amides is 1. The molecule has 0 radical (unpaired) electrons. The van der Waals surface area contributed by atoms with Gasteiger partial charge in [0.15, 0.2) is 5.13 Å². The van der Waals surface area contributed by atoms with Crippen LogP contribution in [0.5, 0.6) is 11.5 Å². The van der Waals surface area contributed by atoms with E-state index >= 15 is 0 Å². The summed E-state index contributed by atoms with van der Waals surface area (Å²) in [4.78, 5) is 17.6. The molecule has 184 valence electrons. The highest BCUT2D eigenvalue weighted by Gasteiger charge is 2.27. The van der Waals surface area contributed by atoms with Crippen molar-refractivity contribution < 1.29 is 22.7 Å². The van der Waals surface area contributed by atoms with E-state index in [0.717, 1.165) is 0 Å². The number of anilines is 1. The summed E-state index contributed by atoms with van der Waals surface area (Å²) in [5, 5.41) is 3.13. The van der Waals surface area contributed by atoms with Gasteiger partial charge in [-0.05, 0) is 42.2 Å². The van der Waals surface area contributed by atoms with Gasteiger partial charge in [0.1, 0.15) is 17.1 Å². The first-order valence-corrected chi connectivity index (χ1v) is 13.3. The van der Waals surface area contributed by atoms with Gasteiger partial charge < -0.3 is 9.47 Å². The van der Waals surface area contributed by atoms with Gasteiger partial charge in [0.05, 0.1) is 29.3 Å². The van der Waals surface area contributed by atoms with Crippen LogP contribution in [0.1, 0.15) is 38.1 Å². The first kappa shape index (κ1) is 25.9. The maximum Gasteiger partial charge on any atom is 0.265 e. The number of benzene rings is 2. The van der Waals surface area contributed by atoms with E-state index in [1.165, 1.54) is 25.6 Å². The van der Waals surface area contributed by atoms with Gasteiger partial charge in [-0.15, -0.1) is 0 Å². The number of hydrogen-bond donors (Lipinski definition) is 1. The SMILES string of the molecule is COc1cccc(OC)c1C(=O)Nc1nc2ccc(S(=O)(=O)N(CC(C)C)CC(C)C)cc2s1. The van der Waals surface area contributed by atoms with Crippen LogP contribution in [0.4, 0.5) is 5.13 Å². The minimum atomic E-state index is -3.67. The predicted molar refractivity (Wildman–Crippen MR) is 136 cm³/mol. The largest absolute Gasteiger partial charge is 0.496 e. The molecule has 1 amide bonds. The smallest absolute Gasteiger partial charge is 0.265 e. The Morgan fingerprint density at radius 1 is 1.03 bits per heavy atom. The summed E-state index contributed by atoms with van der Waals surface area (Å²) >= 11 is 1.21. The van der Waals surface area contributed by atoms with Crippen molar-refractivity contribution in [3.8, 4) is 11.5 Å². The first-order valence-electron chi connectivity index (χ1n) is 11.0. The van der Waals surface area contributed by atoms with Crippen molar-refractivity contribution in [2.45, 2.75) is 32.6 Å². The lowest BCUT2D eigenvalue weighted by molar-refractivity contribution is 0.102. The molecule has 0 bridgehead atoms. The molecule has 0 saturated carbocycles. The number of methoxy groups -OCH3 is 2. The molecular weight excluding hydrogens is 474 g/mol. The fraction of sp³-hybridized carbons (Fsp3) is 0.417. The standard InChI is InChI=1S/C24H31N3O5S2/c1-15(2)13-27(14-16(3)4)34(29,30)17-10-11-18-21(12-17)33-24(25-18)26-23(28)22-19(31-5)8-7-9-20(22)32-6/h7-12,15-16H,13-14H2,1-6H3,(H,25,26,28). The molecule has 0 saturated heterocycles. The molecule has 0 spiro atoms. The van der Waals surface area contributed by atoms with Crippen molar-refractivity contribution in [3.63, 3.8) is 0 Å². The van der Waals surface area contributed by atoms with Crippen LogP contribution >= 0.6 is 11.3 Å². The normalized spacial score (nSPS) is 12.0. The molecule has 0 fully saturated rings. The summed E-state index contributed by atoms with van der Waals surface area (Å²) < 4.78 is 39.6. The molecule has 3 aromatic rings. The van der Waals surface area contributed by atoms with Gasteiger partial charge in [-0.3, -0.25) is 10.1 Å². The van der Waals surface area contributed by atoms with Gasteiger partial charge in [-0.1, -0.05) is 45.1 Å². The van der Waals surface area contributed by atoms with Crippen molar-refractivity contribution in [2.75, 3.05) is 32.6 Å². The number of rotatable bonds is 10. The summed E-state index contributed by atoms with van der Waals surface area (Å²) in [5.41, 5.74) is 0.860. The van der Waals surface area contributed by atoms with Crippen molar-refractivity contribution in [3.05, 3.63) is 42.0 Å². The molecule has 1 heterocycles. The Bertz CT molecular complexity index is 1240. The van der Waals surface area contributed by atoms with E-state index < -0.39 is 15.9 Å². The lowest BCUT2D eigenvalue weighted by atomic mass is 10.1. The van der Waals surface area contributed by atoms with Crippen LogP contribution in [-0.2, 0) is 10.0 Å². The zero-order chi connectivity index (χ0) is 25.0. The Balaban J connectivity index is 1.92. The van der Waals surface area contributed by atoms with E-state index in [4.69, 9.17) is 9.47 Å². The third-order valence-electron chi connectivity index (χ3n) is 5.01. The zero-order valence-electron chi connectivity index (χ0n) is 20.3. The number of nitrogens with one attached hydrogen (secondary N) is 1. The highest BCUT2D eigenvalue weighted by molar-refractivity contribution is 7.89. The number of thiazole rings is 1. The Morgan fingerprint density at radius 2 is 1.62 bits per heavy atom. The van der Waals surface area contributed by atoms with E-state index in [-0.39, 0.29) is 22.3 Å². The van der Waals surface area contributed by atoms with Gasteiger partial charge in [-0.25, -0.2) is 13.4 Å². The fourth-order valence-electron chi connectivity index (χ4n) is 3.59. The lowest BCUT2D eigenvalue weighted by Gasteiger charge is -2.25. The average Bonchev–Trinajstić information content (AvgIpc) is 3.18. The molecule has 0 aliphatic heterocycles. The number of fused-ring (bicyclic) bond motifs is 1. The van der Waals surface area contributed by atoms with E-state index in [1.54, 1.807) is 40.7 Å². The number of aromatic nitrogens is 1. The third-order valence-corrected chi connectivity index (χ3v) is 7.77. The molecular formula is C24H31N3O5S2. The monoisotopic (exact) mass is 505 g/mol. The summed E-state index contributed by atoms with van der Waals surface area (Å²) in [5.74, 6) is 0.730. The van der Waals surface area contributed by atoms with Crippen LogP contribution < -0.4 is 14.8 Å². The quantitative estimate of drug-likeness (QED) is 0.422. The van der Waals surface area contributed by atoms with Crippen LogP contribution in [0.25, 0.3) is 10.2 Å². The molecule has 1 aromatic heterocycles. The van der Waals surface area contributed by atoms with E-state index in [9.17, 15) is 13.2 Å². The minimum Gasteiger partial charge on any atom is -0.496 e. The van der Waals surface area contributed by atoms with Crippen molar-refractivity contribution in [2.24, 2.45) is 11.8 Å². The van der Waals surface area contributed by atoms with Gasteiger partial charge in [0, 0.05) is 13.1 Å². The number of ether oxygens (including phenoxy) is 2. The Hall–Kier alpha value is -2.69. The molecule has 3 rings (SSSR count). The van der Waals surface area contributed by atoms with Crippen LogP contribution in [0.15, 0.2) is 41.3 Å². The van der Waals surface area contributed by atoms with Gasteiger partial charge in [0.2, 0.25) is 10.0 Å². The van der Waals surface area contributed by atoms with Crippen LogP contribution in [0.2, 0.25) is 0 Å². The van der Waals surface area contributed by atoms with Crippen molar-refractivity contribution in [1.82, 2.24) is 9.29 Å². The molecule has 34 heavy (non-hydrogen) atoms. The number of hydrogen-bond acceptors (Lipinski definition) is 7. The molecule has 0 aliphatic carbocycles. The maximum atomic E-state index is 13.4. The van der Waals surface area contributed by atoms with Crippen molar-refractivity contribution in [1.29, 1.82) is 0 Å². The highest BCUT2D eigenvalue weighted by atomic mass is 32.2. The second kappa shape index (κ2) is 10.7. The number of nitrogens with zero attached hydrogens (tertiary/aromatic N) is 2. The zero-order valence-corrected chi connectivity index (χ0v) is 21.9. The molecule has 8 nitrogen and oxygen atoms in total. The van der Waals surface area contributed by atoms with Crippen molar-refractivity contribution >= 4 is 42.6 Å². The minimum absolute atomic E-state index is 0.203. The molecule has 2 aromatic carbocycles. The van der Waals surface area contributed by atoms with E-state index in [0.29, 0.717) is 39.9 Å². The molecule has 0 unspecified atom stereocenters. The number of sulfonamides is 1. The summed E-state index contributed by atoms with van der Waals surface area (Å²) in [6.07, 6.45) is 0. The van der Waals surface area contributed by atoms with Gasteiger partial charge in [-0.2, -0.15) is 4.31 Å². The molecule has 10 heteroatoms. The Morgan fingerprint density at radius 3 is 2.15 bits per heavy atom. The predicted octanol–water partition coefficient (Wildman–Crippen LogP) is 4.87. The molecule has 0 atom stereocenters. The van der Waals surface area contributed by atoms with Gasteiger partial charge in [0.25, 0.3) is 5.91 Å². The fourth-order valence-corrected chi connectivity index (χ4v) is 6.36. The van der Waals surface area contributed by atoms with E-state index in [2.05, 4.69) is 10.3 Å². The third kappa shape index (κ3) is 5.68. The second-order valence-corrected chi connectivity index (χ2v) is 11.7. The molecule has 0 aliphatic rings. The summed E-state index contributed by atoms with van der Waals surface area (Å²) in [6.45, 7) is 8.90. The Labute approximate surface area is 205 Å².